The Balaban J connectivity index is 1.72. The van der Waals surface area contributed by atoms with Crippen LogP contribution in [0.2, 0.25) is 0 Å². The van der Waals surface area contributed by atoms with Crippen molar-refractivity contribution >= 4 is 35.0 Å². The van der Waals surface area contributed by atoms with E-state index in [4.69, 9.17) is 0 Å². The van der Waals surface area contributed by atoms with E-state index >= 15 is 0 Å². The number of thiophene rings is 1. The minimum atomic E-state index is -0.685. The van der Waals surface area contributed by atoms with Crippen molar-refractivity contribution in [2.24, 2.45) is 0 Å². The lowest BCUT2D eigenvalue weighted by atomic mass is 10.1. The van der Waals surface area contributed by atoms with E-state index in [9.17, 15) is 9.59 Å². The first-order valence-corrected chi connectivity index (χ1v) is 11.7. The number of nitrogens with one attached hydrogen (secondary N) is 2. The van der Waals surface area contributed by atoms with E-state index in [-0.39, 0.29) is 0 Å². The summed E-state index contributed by atoms with van der Waals surface area (Å²) in [4.78, 5) is 25.9. The van der Waals surface area contributed by atoms with E-state index in [2.05, 4.69) is 26.9 Å². The molecule has 2 aromatic heterocycles. The lowest BCUT2D eigenvalue weighted by molar-refractivity contribution is -0.119. The number of nitrogens with zero attached hydrogens (tertiary/aromatic N) is 3. The highest BCUT2D eigenvalue weighted by Crippen LogP contribution is 2.36. The summed E-state index contributed by atoms with van der Waals surface area (Å²) in [7, 11) is 1.47. The van der Waals surface area contributed by atoms with Crippen molar-refractivity contribution in [3.8, 4) is 5.69 Å². The number of hydrogen-bond acceptors (Lipinski definition) is 6. The van der Waals surface area contributed by atoms with Crippen LogP contribution >= 0.6 is 23.1 Å². The number of rotatable bonds is 7. The van der Waals surface area contributed by atoms with Crippen LogP contribution in [-0.4, -0.2) is 33.8 Å². The van der Waals surface area contributed by atoms with E-state index in [1.54, 1.807) is 11.3 Å². The van der Waals surface area contributed by atoms with Gasteiger partial charge in [-0.25, -0.2) is 4.79 Å². The van der Waals surface area contributed by atoms with Gasteiger partial charge in [0.05, 0.1) is 0 Å². The van der Waals surface area contributed by atoms with E-state index in [0.717, 1.165) is 17.1 Å². The highest BCUT2D eigenvalue weighted by atomic mass is 32.2. The second-order valence-electron chi connectivity index (χ2n) is 6.80. The van der Waals surface area contributed by atoms with E-state index < -0.39 is 17.2 Å². The Morgan fingerprint density at radius 3 is 2.38 bits per heavy atom. The Labute approximate surface area is 193 Å². The van der Waals surface area contributed by atoms with Gasteiger partial charge in [-0.1, -0.05) is 66.4 Å². The van der Waals surface area contributed by atoms with Crippen LogP contribution in [0.1, 0.15) is 21.5 Å². The molecule has 0 unspecified atom stereocenters. The lowest BCUT2D eigenvalue weighted by Gasteiger charge is -2.17. The van der Waals surface area contributed by atoms with Crippen LogP contribution in [-0.2, 0) is 11.2 Å². The van der Waals surface area contributed by atoms with Crippen molar-refractivity contribution in [1.29, 1.82) is 0 Å². The molecule has 2 aromatic carbocycles. The highest BCUT2D eigenvalue weighted by Gasteiger charge is 2.27. The minimum absolute atomic E-state index is 0.428. The van der Waals surface area contributed by atoms with Crippen LogP contribution in [0.5, 0.6) is 0 Å². The molecule has 0 bridgehead atoms. The molecule has 4 rings (SSSR count). The van der Waals surface area contributed by atoms with Gasteiger partial charge in [-0.15, -0.1) is 21.5 Å². The molecule has 3 amide bonds. The number of carbonyl (C=O) groups is 2. The zero-order chi connectivity index (χ0) is 22.3. The quantitative estimate of drug-likeness (QED) is 0.401. The third-order valence-corrected chi connectivity index (χ3v) is 6.73. The molecule has 1 atom stereocenters. The molecule has 0 aliphatic carbocycles. The average molecular weight is 464 g/mol. The standard InChI is InChI=1S/C23H21N5O2S2/c1-24-22(30)25-21(29)20(16-9-4-2-5-10-16)32-23-27-26-19(15-18-13-8-14-31-18)28(23)17-11-6-3-7-12-17/h2-14,20H,15H2,1H3,(H2,24,25,29,30)/t20-/m0/s1. The molecule has 0 spiro atoms. The van der Waals surface area contributed by atoms with Gasteiger partial charge < -0.3 is 5.32 Å². The van der Waals surface area contributed by atoms with E-state index in [0.29, 0.717) is 11.6 Å². The van der Waals surface area contributed by atoms with Crippen LogP contribution in [0.15, 0.2) is 83.3 Å². The zero-order valence-electron chi connectivity index (χ0n) is 17.3. The number of para-hydroxylation sites is 1. The Morgan fingerprint density at radius 1 is 1.00 bits per heavy atom. The monoisotopic (exact) mass is 463 g/mol. The molecule has 0 aliphatic heterocycles. The number of urea groups is 1. The fourth-order valence-electron chi connectivity index (χ4n) is 3.14. The van der Waals surface area contributed by atoms with Crippen LogP contribution in [0, 0.1) is 0 Å². The van der Waals surface area contributed by atoms with Gasteiger partial charge in [0.25, 0.3) is 0 Å². The molecule has 0 radical (unpaired) electrons. The third kappa shape index (κ3) is 5.06. The van der Waals surface area contributed by atoms with Crippen LogP contribution in [0.3, 0.4) is 0 Å². The largest absolute Gasteiger partial charge is 0.341 e. The molecule has 2 N–H and O–H groups in total. The summed E-state index contributed by atoms with van der Waals surface area (Å²) in [5.74, 6) is 0.350. The number of thioether (sulfide) groups is 1. The molecule has 0 fully saturated rings. The first-order valence-electron chi connectivity index (χ1n) is 9.92. The highest BCUT2D eigenvalue weighted by molar-refractivity contribution is 8.00. The predicted molar refractivity (Wildman–Crippen MR) is 126 cm³/mol. The molecule has 9 heteroatoms. The molecule has 2 heterocycles. The number of benzene rings is 2. The molecule has 0 saturated heterocycles. The zero-order valence-corrected chi connectivity index (χ0v) is 18.9. The maximum Gasteiger partial charge on any atom is 0.321 e. The van der Waals surface area contributed by atoms with Gasteiger partial charge in [-0.3, -0.25) is 14.7 Å². The topological polar surface area (TPSA) is 88.9 Å². The number of aromatic nitrogens is 3. The summed E-state index contributed by atoms with van der Waals surface area (Å²) in [6, 6.07) is 22.6. The van der Waals surface area contributed by atoms with Gasteiger partial charge in [0.15, 0.2) is 5.16 Å². The second kappa shape index (κ2) is 10.3. The molecular formula is C23H21N5O2S2. The van der Waals surface area contributed by atoms with Crippen molar-refractivity contribution < 1.29 is 9.59 Å². The van der Waals surface area contributed by atoms with Crippen molar-refractivity contribution in [3.63, 3.8) is 0 Å². The van der Waals surface area contributed by atoms with Crippen molar-refractivity contribution in [3.05, 3.63) is 94.4 Å². The first kappa shape index (κ1) is 21.8. The SMILES string of the molecule is CNC(=O)NC(=O)[C@@H](Sc1nnc(Cc2cccs2)n1-c1ccccc1)c1ccccc1. The molecular weight excluding hydrogens is 442 g/mol. The van der Waals surface area contributed by atoms with Crippen molar-refractivity contribution in [1.82, 2.24) is 25.4 Å². The summed E-state index contributed by atoms with van der Waals surface area (Å²) in [5, 5.41) is 15.6. The molecule has 162 valence electrons. The number of hydrogen-bond donors (Lipinski definition) is 2. The number of carbonyl (C=O) groups excluding carboxylic acids is 2. The lowest BCUT2D eigenvalue weighted by Crippen LogP contribution is -2.39. The van der Waals surface area contributed by atoms with Gasteiger partial charge >= 0.3 is 6.03 Å². The molecule has 32 heavy (non-hydrogen) atoms. The van der Waals surface area contributed by atoms with E-state index in [1.807, 2.05) is 76.7 Å². The fourth-order valence-corrected chi connectivity index (χ4v) is 4.92. The van der Waals surface area contributed by atoms with Crippen molar-refractivity contribution in [2.45, 2.75) is 16.8 Å². The maximum absolute atomic E-state index is 13.0. The van der Waals surface area contributed by atoms with Crippen LogP contribution in [0.4, 0.5) is 4.79 Å². The summed E-state index contributed by atoms with van der Waals surface area (Å²) < 4.78 is 1.97. The minimum Gasteiger partial charge on any atom is -0.341 e. The van der Waals surface area contributed by atoms with Crippen LogP contribution < -0.4 is 10.6 Å². The third-order valence-electron chi connectivity index (χ3n) is 4.65. The number of imide groups is 1. The molecule has 7 nitrogen and oxygen atoms in total. The second-order valence-corrected chi connectivity index (χ2v) is 8.91. The fraction of sp³-hybridized carbons (Fsp3) is 0.130. The van der Waals surface area contributed by atoms with Gasteiger partial charge in [0, 0.05) is 24.0 Å². The Kier molecular flexibility index (Phi) is 6.98. The Bertz CT molecular complexity index is 1180. The summed E-state index contributed by atoms with van der Waals surface area (Å²) >= 11 is 2.92. The Hall–Kier alpha value is -3.43. The number of amides is 3. The predicted octanol–water partition coefficient (Wildman–Crippen LogP) is 4.21. The maximum atomic E-state index is 13.0. The summed E-state index contributed by atoms with van der Waals surface area (Å²) in [6.07, 6.45) is 0.626. The normalized spacial score (nSPS) is 11.7. The van der Waals surface area contributed by atoms with E-state index in [1.165, 1.54) is 23.7 Å². The summed E-state index contributed by atoms with van der Waals surface area (Å²) in [6.45, 7) is 0. The van der Waals surface area contributed by atoms with Crippen LogP contribution in [0.25, 0.3) is 5.69 Å². The van der Waals surface area contributed by atoms with Gasteiger partial charge in [0.1, 0.15) is 11.1 Å². The van der Waals surface area contributed by atoms with Crippen molar-refractivity contribution in [2.75, 3.05) is 7.05 Å². The van der Waals surface area contributed by atoms with Gasteiger partial charge in [-0.05, 0) is 29.1 Å². The van der Waals surface area contributed by atoms with Gasteiger partial charge in [0.2, 0.25) is 5.91 Å². The average Bonchev–Trinajstić information content (AvgIpc) is 3.48. The molecule has 0 saturated carbocycles. The smallest absolute Gasteiger partial charge is 0.321 e. The van der Waals surface area contributed by atoms with Gasteiger partial charge in [-0.2, -0.15) is 0 Å². The first-order chi connectivity index (χ1) is 15.7. The summed E-state index contributed by atoms with van der Waals surface area (Å²) in [5.41, 5.74) is 1.67. The Morgan fingerprint density at radius 2 is 1.72 bits per heavy atom. The molecule has 0 aliphatic rings. The molecule has 4 aromatic rings.